The monoisotopic (exact) mass is 522 g/mol. The summed E-state index contributed by atoms with van der Waals surface area (Å²) in [4.78, 5) is 17.4. The zero-order valence-corrected chi connectivity index (χ0v) is 20.5. The Morgan fingerprint density at radius 2 is 1.43 bits per heavy atom. The van der Waals surface area contributed by atoms with E-state index in [4.69, 9.17) is 23.2 Å². The van der Waals surface area contributed by atoms with Crippen molar-refractivity contribution in [1.82, 2.24) is 0 Å². The van der Waals surface area contributed by atoms with E-state index in [1.807, 2.05) is 13.8 Å². The summed E-state index contributed by atoms with van der Waals surface area (Å²) in [5, 5.41) is 1.03. The first-order valence-corrected chi connectivity index (χ1v) is 11.9. The molecule has 1 fully saturated rings. The minimum absolute atomic E-state index is 0.300. The van der Waals surface area contributed by atoms with Gasteiger partial charge < -0.3 is 4.74 Å². The van der Waals surface area contributed by atoms with Crippen molar-refractivity contribution >= 4 is 40.6 Å². The van der Waals surface area contributed by atoms with Gasteiger partial charge in [0.15, 0.2) is 0 Å². The summed E-state index contributed by atoms with van der Waals surface area (Å²) in [6, 6.07) is 18.7. The van der Waals surface area contributed by atoms with Crippen molar-refractivity contribution in [3.05, 3.63) is 88.4 Å². The van der Waals surface area contributed by atoms with E-state index in [0.29, 0.717) is 39.8 Å². The Bertz CT molecular complexity index is 1200. The molecular formula is C26H23Cl2F3N2O2. The minimum atomic E-state index is -4.83. The number of alkyl halides is 3. The summed E-state index contributed by atoms with van der Waals surface area (Å²) in [7, 11) is 0. The van der Waals surface area contributed by atoms with Gasteiger partial charge in [-0.3, -0.25) is 9.80 Å². The number of carbonyl (C=O) groups is 1. The standard InChI is InChI=1S/C26H23Cl2F3N2O2/c1-3-25(4-2)23(17-6-5-7-22(16-17)35-26(29,30)31)32(20-12-8-18(27)9-13-20)24(34)33(25)21-14-10-19(28)11-15-21/h5-16,23H,3-4H2,1-2H3. The number of anilines is 2. The SMILES string of the molecule is CCC1(CC)C(c2cccc(OC(F)(F)F)c2)N(c2ccc(Cl)cc2)C(=O)N1c1ccc(Cl)cc1. The zero-order chi connectivity index (χ0) is 25.4. The minimum Gasteiger partial charge on any atom is -0.406 e. The van der Waals surface area contributed by atoms with Crippen LogP contribution >= 0.6 is 23.2 Å². The molecule has 2 amide bonds. The summed E-state index contributed by atoms with van der Waals surface area (Å²) in [5.74, 6) is -0.343. The topological polar surface area (TPSA) is 32.8 Å². The Balaban J connectivity index is 1.93. The van der Waals surface area contributed by atoms with E-state index in [0.717, 1.165) is 0 Å². The predicted octanol–water partition coefficient (Wildman–Crippen LogP) is 8.64. The van der Waals surface area contributed by atoms with E-state index in [1.54, 1.807) is 64.4 Å². The molecule has 0 saturated carbocycles. The number of nitrogens with zero attached hydrogens (tertiary/aromatic N) is 2. The maximum Gasteiger partial charge on any atom is 0.573 e. The van der Waals surface area contributed by atoms with Crippen LogP contribution in [0.1, 0.15) is 38.3 Å². The molecule has 1 atom stereocenters. The van der Waals surface area contributed by atoms with Gasteiger partial charge in [0.25, 0.3) is 0 Å². The molecule has 1 saturated heterocycles. The fourth-order valence-electron chi connectivity index (χ4n) is 4.88. The highest BCUT2D eigenvalue weighted by Gasteiger charge is 2.57. The number of urea groups is 1. The second-order valence-electron chi connectivity index (χ2n) is 8.27. The van der Waals surface area contributed by atoms with Gasteiger partial charge in [0.2, 0.25) is 0 Å². The molecule has 1 aliphatic heterocycles. The number of amides is 2. The number of hydrogen-bond acceptors (Lipinski definition) is 2. The van der Waals surface area contributed by atoms with Gasteiger partial charge in [0, 0.05) is 21.4 Å². The lowest BCUT2D eigenvalue weighted by Gasteiger charge is -2.40. The van der Waals surface area contributed by atoms with Crippen molar-refractivity contribution in [3.63, 3.8) is 0 Å². The molecule has 1 unspecified atom stereocenters. The normalized spacial score (nSPS) is 17.7. The third kappa shape index (κ3) is 4.80. The highest BCUT2D eigenvalue weighted by Crippen LogP contribution is 2.51. The van der Waals surface area contributed by atoms with Gasteiger partial charge in [-0.15, -0.1) is 13.2 Å². The number of benzene rings is 3. The van der Waals surface area contributed by atoms with Crippen LogP contribution in [0.25, 0.3) is 0 Å². The van der Waals surface area contributed by atoms with Crippen LogP contribution in [0.3, 0.4) is 0 Å². The third-order valence-corrected chi connectivity index (χ3v) is 6.94. The molecule has 0 aromatic heterocycles. The molecule has 35 heavy (non-hydrogen) atoms. The van der Waals surface area contributed by atoms with Crippen LogP contribution in [0.2, 0.25) is 10.0 Å². The summed E-state index contributed by atoms with van der Waals surface area (Å²) in [6.45, 7) is 3.93. The quantitative estimate of drug-likeness (QED) is 0.324. The summed E-state index contributed by atoms with van der Waals surface area (Å²) in [6.07, 6.45) is -3.75. The Hall–Kier alpha value is -2.90. The van der Waals surface area contributed by atoms with Gasteiger partial charge in [-0.05, 0) is 79.1 Å². The fraction of sp³-hybridized carbons (Fsp3) is 0.269. The molecule has 4 rings (SSSR count). The highest BCUT2D eigenvalue weighted by atomic mass is 35.5. The third-order valence-electron chi connectivity index (χ3n) is 6.43. The average Bonchev–Trinajstić information content (AvgIpc) is 3.08. The molecule has 1 heterocycles. The number of hydrogen-bond donors (Lipinski definition) is 0. The summed E-state index contributed by atoms with van der Waals surface area (Å²) < 4.78 is 43.1. The first-order valence-electron chi connectivity index (χ1n) is 11.1. The van der Waals surface area contributed by atoms with E-state index in [2.05, 4.69) is 4.74 Å². The highest BCUT2D eigenvalue weighted by molar-refractivity contribution is 6.31. The van der Waals surface area contributed by atoms with E-state index < -0.39 is 17.9 Å². The molecule has 184 valence electrons. The van der Waals surface area contributed by atoms with Crippen LogP contribution in [0.4, 0.5) is 29.3 Å². The predicted molar refractivity (Wildman–Crippen MR) is 132 cm³/mol. The molecule has 3 aromatic rings. The Morgan fingerprint density at radius 3 is 1.94 bits per heavy atom. The number of ether oxygens (including phenoxy) is 1. The second-order valence-corrected chi connectivity index (χ2v) is 9.15. The van der Waals surface area contributed by atoms with Crippen molar-refractivity contribution in [3.8, 4) is 5.75 Å². The Kier molecular flexibility index (Phi) is 6.93. The summed E-state index contributed by atoms with van der Waals surface area (Å²) in [5.41, 5.74) is 0.971. The fourth-order valence-corrected chi connectivity index (χ4v) is 5.14. The van der Waals surface area contributed by atoms with E-state index in [1.165, 1.54) is 18.2 Å². The molecule has 3 aromatic carbocycles. The Morgan fingerprint density at radius 1 is 0.886 bits per heavy atom. The molecule has 0 N–H and O–H groups in total. The molecule has 9 heteroatoms. The van der Waals surface area contributed by atoms with Crippen LogP contribution in [0, 0.1) is 0 Å². The van der Waals surface area contributed by atoms with Crippen molar-refractivity contribution in [1.29, 1.82) is 0 Å². The van der Waals surface area contributed by atoms with Crippen molar-refractivity contribution in [2.24, 2.45) is 0 Å². The van der Waals surface area contributed by atoms with Gasteiger partial charge in [-0.25, -0.2) is 4.79 Å². The van der Waals surface area contributed by atoms with Crippen LogP contribution < -0.4 is 14.5 Å². The van der Waals surface area contributed by atoms with E-state index in [9.17, 15) is 18.0 Å². The van der Waals surface area contributed by atoms with Crippen LogP contribution in [0.5, 0.6) is 5.75 Å². The van der Waals surface area contributed by atoms with E-state index in [-0.39, 0.29) is 11.8 Å². The van der Waals surface area contributed by atoms with Gasteiger partial charge in [0.05, 0.1) is 11.6 Å². The molecule has 4 nitrogen and oxygen atoms in total. The van der Waals surface area contributed by atoms with E-state index >= 15 is 0 Å². The van der Waals surface area contributed by atoms with Gasteiger partial charge in [-0.1, -0.05) is 49.2 Å². The zero-order valence-electron chi connectivity index (χ0n) is 19.0. The lowest BCUT2D eigenvalue weighted by molar-refractivity contribution is -0.274. The molecule has 0 spiro atoms. The summed E-state index contributed by atoms with van der Waals surface area (Å²) >= 11 is 12.2. The lowest BCUT2D eigenvalue weighted by Crippen LogP contribution is -2.47. The Labute approximate surface area is 211 Å². The molecule has 0 radical (unpaired) electrons. The van der Waals surface area contributed by atoms with Crippen molar-refractivity contribution in [2.75, 3.05) is 9.80 Å². The maximum atomic E-state index is 14.1. The first kappa shape index (κ1) is 25.2. The van der Waals surface area contributed by atoms with Gasteiger partial charge >= 0.3 is 12.4 Å². The number of rotatable bonds is 6. The number of halogens is 5. The molecule has 0 aliphatic carbocycles. The van der Waals surface area contributed by atoms with Crippen LogP contribution in [-0.4, -0.2) is 17.9 Å². The van der Waals surface area contributed by atoms with Gasteiger partial charge in [-0.2, -0.15) is 0 Å². The van der Waals surface area contributed by atoms with Crippen molar-refractivity contribution in [2.45, 2.75) is 44.6 Å². The molecule has 0 bridgehead atoms. The van der Waals surface area contributed by atoms with Crippen molar-refractivity contribution < 1.29 is 22.7 Å². The van der Waals surface area contributed by atoms with Crippen LogP contribution in [-0.2, 0) is 0 Å². The lowest BCUT2D eigenvalue weighted by atomic mass is 9.80. The smallest absolute Gasteiger partial charge is 0.406 e. The average molecular weight is 523 g/mol. The van der Waals surface area contributed by atoms with Crippen LogP contribution in [0.15, 0.2) is 72.8 Å². The maximum absolute atomic E-state index is 14.1. The first-order chi connectivity index (χ1) is 16.6. The van der Waals surface area contributed by atoms with Gasteiger partial charge in [0.1, 0.15) is 5.75 Å². The molecular weight excluding hydrogens is 500 g/mol. The number of carbonyl (C=O) groups excluding carboxylic acids is 1. The molecule has 1 aliphatic rings. The largest absolute Gasteiger partial charge is 0.573 e. The second kappa shape index (κ2) is 9.63.